The molecule has 1 aromatic rings. The molecule has 0 aromatic carbocycles. The molecule has 5 heteroatoms. The van der Waals surface area contributed by atoms with Gasteiger partial charge in [0.05, 0.1) is 6.33 Å². The zero-order chi connectivity index (χ0) is 7.72. The highest BCUT2D eigenvalue weighted by Crippen LogP contribution is 1.99. The normalized spacial score (nSPS) is 9.70. The minimum atomic E-state index is -0.312. The lowest BCUT2D eigenvalue weighted by Gasteiger charge is -1.99. The lowest BCUT2D eigenvalue weighted by atomic mass is 10.5. The molecule has 0 unspecified atom stereocenters. The second-order valence-electron chi connectivity index (χ2n) is 1.96. The van der Waals surface area contributed by atoms with E-state index >= 15 is 0 Å². The summed E-state index contributed by atoms with van der Waals surface area (Å²) < 4.78 is 1.27. The summed E-state index contributed by atoms with van der Waals surface area (Å²) in [6.45, 7) is 0. The lowest BCUT2D eigenvalue weighted by molar-refractivity contribution is 0.832. The highest BCUT2D eigenvalue weighted by atomic mass is 16.1. The van der Waals surface area contributed by atoms with E-state index in [0.717, 1.165) is 0 Å². The summed E-state index contributed by atoms with van der Waals surface area (Å²) in [7, 11) is 1.56. The third-order valence-corrected chi connectivity index (χ3v) is 1.20. The standard InChI is InChI=1S/C5H8N4O/c1-9-2-8-4(7)3(6)5(9)10/h2H,6-7H2,1H3. The fraction of sp³-hybridized carbons (Fsp3) is 0.200. The van der Waals surface area contributed by atoms with Crippen LogP contribution in [0.1, 0.15) is 0 Å². The predicted octanol–water partition coefficient (Wildman–Crippen LogP) is -1.06. The highest BCUT2D eigenvalue weighted by molar-refractivity contribution is 5.55. The minimum Gasteiger partial charge on any atom is -0.391 e. The average Bonchev–Trinajstić information content (AvgIpc) is 1.93. The molecule has 5 nitrogen and oxygen atoms in total. The van der Waals surface area contributed by atoms with Crippen LogP contribution in [0.3, 0.4) is 0 Å². The van der Waals surface area contributed by atoms with Crippen LogP contribution in [0.4, 0.5) is 11.5 Å². The summed E-state index contributed by atoms with van der Waals surface area (Å²) in [5, 5.41) is 0. The summed E-state index contributed by atoms with van der Waals surface area (Å²) in [4.78, 5) is 14.6. The van der Waals surface area contributed by atoms with Crippen LogP contribution in [-0.4, -0.2) is 9.55 Å². The van der Waals surface area contributed by atoms with E-state index in [2.05, 4.69) is 4.98 Å². The van der Waals surface area contributed by atoms with Crippen LogP contribution < -0.4 is 17.0 Å². The van der Waals surface area contributed by atoms with Gasteiger partial charge in [-0.15, -0.1) is 0 Å². The summed E-state index contributed by atoms with van der Waals surface area (Å²) in [6.07, 6.45) is 1.33. The van der Waals surface area contributed by atoms with E-state index in [0.29, 0.717) is 0 Å². The average molecular weight is 140 g/mol. The van der Waals surface area contributed by atoms with Gasteiger partial charge >= 0.3 is 0 Å². The van der Waals surface area contributed by atoms with Crippen molar-refractivity contribution in [1.82, 2.24) is 9.55 Å². The molecule has 1 heterocycles. The maximum Gasteiger partial charge on any atom is 0.278 e. The molecule has 10 heavy (non-hydrogen) atoms. The fourth-order valence-corrected chi connectivity index (χ4v) is 0.570. The quantitative estimate of drug-likeness (QED) is 0.481. The van der Waals surface area contributed by atoms with E-state index in [-0.39, 0.29) is 17.1 Å². The third-order valence-electron chi connectivity index (χ3n) is 1.20. The Balaban J connectivity index is 3.50. The van der Waals surface area contributed by atoms with Crippen molar-refractivity contribution in [3.8, 4) is 0 Å². The Labute approximate surface area is 57.3 Å². The van der Waals surface area contributed by atoms with E-state index in [1.165, 1.54) is 10.9 Å². The molecule has 0 amide bonds. The van der Waals surface area contributed by atoms with Crippen LogP contribution >= 0.6 is 0 Å². The monoisotopic (exact) mass is 140 g/mol. The summed E-state index contributed by atoms with van der Waals surface area (Å²) in [6, 6.07) is 0. The van der Waals surface area contributed by atoms with Crippen LogP contribution in [0.15, 0.2) is 11.1 Å². The number of nitrogens with zero attached hydrogens (tertiary/aromatic N) is 2. The molecular weight excluding hydrogens is 132 g/mol. The molecule has 0 fully saturated rings. The highest BCUT2D eigenvalue weighted by Gasteiger charge is 2.00. The molecule has 1 aromatic heterocycles. The number of hydrogen-bond donors (Lipinski definition) is 2. The molecule has 54 valence electrons. The van der Waals surface area contributed by atoms with E-state index in [4.69, 9.17) is 11.5 Å². The predicted molar refractivity (Wildman–Crippen MR) is 38.3 cm³/mol. The Morgan fingerprint density at radius 2 is 2.20 bits per heavy atom. The van der Waals surface area contributed by atoms with Crippen LogP contribution in [-0.2, 0) is 7.05 Å². The summed E-state index contributed by atoms with van der Waals surface area (Å²) >= 11 is 0. The maximum atomic E-state index is 10.9. The van der Waals surface area contributed by atoms with Crippen LogP contribution in [0.2, 0.25) is 0 Å². The van der Waals surface area contributed by atoms with E-state index in [1.807, 2.05) is 0 Å². The first kappa shape index (κ1) is 6.60. The largest absolute Gasteiger partial charge is 0.391 e. The number of nitrogens with two attached hydrogens (primary N) is 2. The van der Waals surface area contributed by atoms with E-state index in [1.54, 1.807) is 7.05 Å². The Morgan fingerprint density at radius 3 is 2.70 bits per heavy atom. The smallest absolute Gasteiger partial charge is 0.278 e. The molecule has 0 aliphatic rings. The Kier molecular flexibility index (Phi) is 1.33. The second-order valence-corrected chi connectivity index (χ2v) is 1.96. The van der Waals surface area contributed by atoms with Crippen molar-refractivity contribution in [3.05, 3.63) is 16.7 Å². The third kappa shape index (κ3) is 0.812. The molecule has 0 bridgehead atoms. The maximum absolute atomic E-state index is 10.9. The molecular formula is C5H8N4O. The summed E-state index contributed by atoms with van der Waals surface area (Å²) in [5.41, 5.74) is 10.2. The fourth-order valence-electron chi connectivity index (χ4n) is 0.570. The molecule has 0 radical (unpaired) electrons. The first-order chi connectivity index (χ1) is 4.63. The molecule has 0 saturated carbocycles. The van der Waals surface area contributed by atoms with Gasteiger partial charge in [0.15, 0.2) is 5.82 Å². The van der Waals surface area contributed by atoms with Crippen LogP contribution in [0.5, 0.6) is 0 Å². The van der Waals surface area contributed by atoms with E-state index in [9.17, 15) is 4.79 Å². The second kappa shape index (κ2) is 2.02. The van der Waals surface area contributed by atoms with Gasteiger partial charge in [0, 0.05) is 7.05 Å². The Hall–Kier alpha value is -1.52. The van der Waals surface area contributed by atoms with Crippen molar-refractivity contribution in [2.75, 3.05) is 11.5 Å². The van der Waals surface area contributed by atoms with Gasteiger partial charge in [0.25, 0.3) is 5.56 Å². The van der Waals surface area contributed by atoms with Crippen molar-refractivity contribution in [1.29, 1.82) is 0 Å². The van der Waals surface area contributed by atoms with Crippen molar-refractivity contribution in [2.45, 2.75) is 0 Å². The van der Waals surface area contributed by atoms with Crippen LogP contribution in [0.25, 0.3) is 0 Å². The molecule has 0 saturated heterocycles. The number of rotatable bonds is 0. The summed E-state index contributed by atoms with van der Waals surface area (Å²) in [5.74, 6) is 0.0862. The topological polar surface area (TPSA) is 86.9 Å². The van der Waals surface area contributed by atoms with Crippen LogP contribution in [0, 0.1) is 0 Å². The van der Waals surface area contributed by atoms with Gasteiger partial charge in [-0.25, -0.2) is 4.98 Å². The van der Waals surface area contributed by atoms with Gasteiger partial charge < -0.3 is 16.0 Å². The van der Waals surface area contributed by atoms with Gasteiger partial charge in [-0.05, 0) is 0 Å². The molecule has 0 atom stereocenters. The lowest BCUT2D eigenvalue weighted by Crippen LogP contribution is -2.22. The van der Waals surface area contributed by atoms with Gasteiger partial charge in [-0.1, -0.05) is 0 Å². The van der Waals surface area contributed by atoms with Crippen molar-refractivity contribution in [3.63, 3.8) is 0 Å². The minimum absolute atomic E-state index is 0.00463. The number of aromatic nitrogens is 2. The number of aryl methyl sites for hydroxylation is 1. The number of nitrogen functional groups attached to an aromatic ring is 2. The zero-order valence-electron chi connectivity index (χ0n) is 5.53. The molecule has 0 spiro atoms. The van der Waals surface area contributed by atoms with Crippen molar-refractivity contribution < 1.29 is 0 Å². The zero-order valence-corrected chi connectivity index (χ0v) is 5.53. The molecule has 0 aliphatic carbocycles. The van der Waals surface area contributed by atoms with E-state index < -0.39 is 0 Å². The number of anilines is 2. The Morgan fingerprint density at radius 1 is 1.60 bits per heavy atom. The Bertz CT molecular complexity index is 303. The van der Waals surface area contributed by atoms with Gasteiger partial charge in [0.2, 0.25) is 0 Å². The first-order valence-electron chi connectivity index (χ1n) is 2.69. The van der Waals surface area contributed by atoms with Gasteiger partial charge in [-0.2, -0.15) is 0 Å². The molecule has 1 rings (SSSR count). The SMILES string of the molecule is Cn1cnc(N)c(N)c1=O. The van der Waals surface area contributed by atoms with Crippen molar-refractivity contribution >= 4 is 11.5 Å². The molecule has 4 N–H and O–H groups in total. The molecule has 0 aliphatic heterocycles. The van der Waals surface area contributed by atoms with Gasteiger partial charge in [-0.3, -0.25) is 4.79 Å². The van der Waals surface area contributed by atoms with Gasteiger partial charge in [0.1, 0.15) is 5.69 Å². The first-order valence-corrected chi connectivity index (χ1v) is 2.69. The van der Waals surface area contributed by atoms with Crippen molar-refractivity contribution in [2.24, 2.45) is 7.05 Å². The number of hydrogen-bond acceptors (Lipinski definition) is 4.